The molecule has 0 radical (unpaired) electrons. The zero-order valence-corrected chi connectivity index (χ0v) is 11.8. The van der Waals surface area contributed by atoms with Crippen LogP contribution in [0.3, 0.4) is 0 Å². The van der Waals surface area contributed by atoms with E-state index in [9.17, 15) is 4.79 Å². The number of amides is 1. The standard InChI is InChI=1S/C15H20N2O3/c1-10(7-16)8-17-15(18)12-5-11-6-13(19-2)3-4-14(11)20-9-12/h3-6,10H,7-9,16H2,1-2H3,(H,17,18). The number of rotatable bonds is 5. The SMILES string of the molecule is COc1ccc2c(c1)C=C(C(=O)NCC(C)CN)CO2. The van der Waals surface area contributed by atoms with Gasteiger partial charge in [0, 0.05) is 12.1 Å². The Labute approximate surface area is 118 Å². The lowest BCUT2D eigenvalue weighted by atomic mass is 10.1. The summed E-state index contributed by atoms with van der Waals surface area (Å²) < 4.78 is 10.8. The normalized spacial score (nSPS) is 14.7. The topological polar surface area (TPSA) is 73.6 Å². The van der Waals surface area contributed by atoms with Crippen molar-refractivity contribution in [3.8, 4) is 11.5 Å². The van der Waals surface area contributed by atoms with E-state index in [1.54, 1.807) is 7.11 Å². The van der Waals surface area contributed by atoms with Gasteiger partial charge in [-0.3, -0.25) is 4.79 Å². The fourth-order valence-electron chi connectivity index (χ4n) is 1.88. The molecule has 1 amide bonds. The third-order valence-corrected chi connectivity index (χ3v) is 3.23. The van der Waals surface area contributed by atoms with E-state index in [-0.39, 0.29) is 18.4 Å². The summed E-state index contributed by atoms with van der Waals surface area (Å²) in [5.74, 6) is 1.65. The molecule has 0 aliphatic carbocycles. The number of nitrogens with one attached hydrogen (secondary N) is 1. The summed E-state index contributed by atoms with van der Waals surface area (Å²) in [5.41, 5.74) is 6.99. The summed E-state index contributed by atoms with van der Waals surface area (Å²) in [6.07, 6.45) is 1.84. The maximum Gasteiger partial charge on any atom is 0.250 e. The highest BCUT2D eigenvalue weighted by molar-refractivity contribution is 5.99. The molecule has 0 spiro atoms. The van der Waals surface area contributed by atoms with Crippen molar-refractivity contribution in [2.45, 2.75) is 6.92 Å². The number of hydrogen-bond acceptors (Lipinski definition) is 4. The molecule has 0 bridgehead atoms. The number of hydrogen-bond donors (Lipinski definition) is 2. The maximum absolute atomic E-state index is 12.1. The van der Waals surface area contributed by atoms with Crippen molar-refractivity contribution in [3.63, 3.8) is 0 Å². The van der Waals surface area contributed by atoms with Gasteiger partial charge in [0.05, 0.1) is 12.7 Å². The van der Waals surface area contributed by atoms with Crippen LogP contribution >= 0.6 is 0 Å². The highest BCUT2D eigenvalue weighted by Gasteiger charge is 2.17. The minimum atomic E-state index is -0.112. The Kier molecular flexibility index (Phi) is 4.63. The summed E-state index contributed by atoms with van der Waals surface area (Å²) in [6.45, 7) is 3.39. The van der Waals surface area contributed by atoms with Crippen LogP contribution in [0.25, 0.3) is 6.08 Å². The van der Waals surface area contributed by atoms with Crippen LogP contribution in [0.2, 0.25) is 0 Å². The molecule has 5 heteroatoms. The van der Waals surface area contributed by atoms with E-state index in [0.29, 0.717) is 18.7 Å². The monoisotopic (exact) mass is 276 g/mol. The zero-order chi connectivity index (χ0) is 14.5. The minimum absolute atomic E-state index is 0.112. The van der Waals surface area contributed by atoms with E-state index in [0.717, 1.165) is 17.1 Å². The zero-order valence-electron chi connectivity index (χ0n) is 11.8. The average molecular weight is 276 g/mol. The number of carbonyl (C=O) groups excluding carboxylic acids is 1. The van der Waals surface area contributed by atoms with Crippen molar-refractivity contribution in [3.05, 3.63) is 29.3 Å². The fourth-order valence-corrected chi connectivity index (χ4v) is 1.88. The van der Waals surface area contributed by atoms with Gasteiger partial charge in [-0.15, -0.1) is 0 Å². The quantitative estimate of drug-likeness (QED) is 0.847. The van der Waals surface area contributed by atoms with Gasteiger partial charge in [-0.05, 0) is 36.7 Å². The molecule has 3 N–H and O–H groups in total. The third-order valence-electron chi connectivity index (χ3n) is 3.23. The predicted molar refractivity (Wildman–Crippen MR) is 77.7 cm³/mol. The molecule has 0 saturated heterocycles. The van der Waals surface area contributed by atoms with E-state index in [1.807, 2.05) is 31.2 Å². The number of carbonyl (C=O) groups is 1. The highest BCUT2D eigenvalue weighted by Crippen LogP contribution is 2.29. The molecule has 1 aliphatic rings. The van der Waals surface area contributed by atoms with Crippen LogP contribution in [0.5, 0.6) is 11.5 Å². The van der Waals surface area contributed by atoms with Gasteiger partial charge in [0.15, 0.2) is 0 Å². The van der Waals surface area contributed by atoms with Gasteiger partial charge in [-0.25, -0.2) is 0 Å². The third kappa shape index (κ3) is 3.30. The summed E-state index contributed by atoms with van der Waals surface area (Å²) in [7, 11) is 1.61. The van der Waals surface area contributed by atoms with Crippen LogP contribution in [0.15, 0.2) is 23.8 Å². The average Bonchev–Trinajstić information content (AvgIpc) is 2.50. The molecule has 0 fully saturated rings. The molecular formula is C15H20N2O3. The first-order valence-electron chi connectivity index (χ1n) is 6.63. The van der Waals surface area contributed by atoms with Gasteiger partial charge in [-0.1, -0.05) is 6.92 Å². The van der Waals surface area contributed by atoms with Gasteiger partial charge in [-0.2, -0.15) is 0 Å². The Morgan fingerprint density at radius 2 is 2.35 bits per heavy atom. The smallest absolute Gasteiger partial charge is 0.250 e. The van der Waals surface area contributed by atoms with E-state index >= 15 is 0 Å². The largest absolute Gasteiger partial charge is 0.497 e. The van der Waals surface area contributed by atoms with Gasteiger partial charge in [0.25, 0.3) is 5.91 Å². The van der Waals surface area contributed by atoms with Gasteiger partial charge < -0.3 is 20.5 Å². The molecule has 1 heterocycles. The number of fused-ring (bicyclic) bond motifs is 1. The lowest BCUT2D eigenvalue weighted by molar-refractivity contribution is -0.117. The van der Waals surface area contributed by atoms with Crippen LogP contribution in [0.1, 0.15) is 12.5 Å². The molecule has 1 unspecified atom stereocenters. The Balaban J connectivity index is 2.09. The number of ether oxygens (including phenoxy) is 2. The van der Waals surface area contributed by atoms with E-state index in [1.165, 1.54) is 0 Å². The summed E-state index contributed by atoms with van der Waals surface area (Å²) in [6, 6.07) is 5.53. The first kappa shape index (κ1) is 14.4. The lowest BCUT2D eigenvalue weighted by Gasteiger charge is -2.19. The fraction of sp³-hybridized carbons (Fsp3) is 0.400. The Bertz CT molecular complexity index is 526. The van der Waals surface area contributed by atoms with Crippen molar-refractivity contribution in [2.24, 2.45) is 11.7 Å². The number of methoxy groups -OCH3 is 1. The van der Waals surface area contributed by atoms with Crippen LogP contribution in [-0.4, -0.2) is 32.7 Å². The Morgan fingerprint density at radius 1 is 1.55 bits per heavy atom. The van der Waals surface area contributed by atoms with Crippen molar-refractivity contribution >= 4 is 12.0 Å². The second-order valence-corrected chi connectivity index (χ2v) is 4.91. The van der Waals surface area contributed by atoms with Crippen LogP contribution in [-0.2, 0) is 4.79 Å². The summed E-state index contributed by atoms with van der Waals surface area (Å²) in [4.78, 5) is 12.1. The van der Waals surface area contributed by atoms with Gasteiger partial charge in [0.2, 0.25) is 0 Å². The van der Waals surface area contributed by atoms with Crippen molar-refractivity contribution in [1.29, 1.82) is 0 Å². The maximum atomic E-state index is 12.1. The molecular weight excluding hydrogens is 256 g/mol. The Morgan fingerprint density at radius 3 is 3.05 bits per heavy atom. The molecule has 0 aromatic heterocycles. The second-order valence-electron chi connectivity index (χ2n) is 4.91. The van der Waals surface area contributed by atoms with E-state index < -0.39 is 0 Å². The molecule has 1 aliphatic heterocycles. The molecule has 5 nitrogen and oxygen atoms in total. The molecule has 1 aromatic carbocycles. The Hall–Kier alpha value is -2.01. The number of benzene rings is 1. The predicted octanol–water partition coefficient (Wildman–Crippen LogP) is 1.18. The lowest BCUT2D eigenvalue weighted by Crippen LogP contribution is -2.34. The highest BCUT2D eigenvalue weighted by atomic mass is 16.5. The van der Waals surface area contributed by atoms with E-state index in [2.05, 4.69) is 5.32 Å². The van der Waals surface area contributed by atoms with Gasteiger partial charge in [0.1, 0.15) is 18.1 Å². The van der Waals surface area contributed by atoms with Gasteiger partial charge >= 0.3 is 0 Å². The molecule has 108 valence electrons. The van der Waals surface area contributed by atoms with Crippen LogP contribution in [0, 0.1) is 5.92 Å². The van der Waals surface area contributed by atoms with Crippen molar-refractivity contribution in [1.82, 2.24) is 5.32 Å². The molecule has 1 atom stereocenters. The molecule has 20 heavy (non-hydrogen) atoms. The summed E-state index contributed by atoms with van der Waals surface area (Å²) >= 11 is 0. The van der Waals surface area contributed by atoms with Crippen molar-refractivity contribution in [2.75, 3.05) is 26.8 Å². The van der Waals surface area contributed by atoms with E-state index in [4.69, 9.17) is 15.2 Å². The van der Waals surface area contributed by atoms with Crippen molar-refractivity contribution < 1.29 is 14.3 Å². The first-order valence-corrected chi connectivity index (χ1v) is 6.63. The van der Waals surface area contributed by atoms with Crippen LogP contribution < -0.4 is 20.5 Å². The summed E-state index contributed by atoms with van der Waals surface area (Å²) in [5, 5.41) is 2.86. The molecule has 2 rings (SSSR count). The first-order chi connectivity index (χ1) is 9.63. The number of nitrogens with two attached hydrogens (primary N) is 1. The minimum Gasteiger partial charge on any atom is -0.497 e. The molecule has 1 aromatic rings. The van der Waals surface area contributed by atoms with Crippen LogP contribution in [0.4, 0.5) is 0 Å². The second kappa shape index (κ2) is 6.43. The molecule has 0 saturated carbocycles.